The van der Waals surface area contributed by atoms with Crippen LogP contribution in [0.4, 0.5) is 5.69 Å². The van der Waals surface area contributed by atoms with E-state index in [0.717, 1.165) is 12.0 Å². The molecule has 4 nitrogen and oxygen atoms in total. The Balaban J connectivity index is 2.66. The number of amides is 1. The fourth-order valence-electron chi connectivity index (χ4n) is 2.29. The second-order valence-corrected chi connectivity index (χ2v) is 5.69. The lowest BCUT2D eigenvalue weighted by Crippen LogP contribution is -2.23. The van der Waals surface area contributed by atoms with Crippen molar-refractivity contribution < 1.29 is 9.53 Å². The van der Waals surface area contributed by atoms with Crippen LogP contribution in [0.2, 0.25) is 0 Å². The summed E-state index contributed by atoms with van der Waals surface area (Å²) in [5.74, 6) is 1.45. The average molecular weight is 278 g/mol. The molecule has 0 aliphatic rings. The highest BCUT2D eigenvalue weighted by molar-refractivity contribution is 5.92. The smallest absolute Gasteiger partial charge is 0.224 e. The van der Waals surface area contributed by atoms with Gasteiger partial charge in [-0.3, -0.25) is 4.79 Å². The normalized spacial score (nSPS) is 12.3. The van der Waals surface area contributed by atoms with Gasteiger partial charge in [-0.1, -0.05) is 19.9 Å². The Bertz CT molecular complexity index is 444. The molecule has 0 spiro atoms. The van der Waals surface area contributed by atoms with Crippen LogP contribution in [-0.2, 0) is 4.79 Å². The molecule has 0 unspecified atom stereocenters. The quantitative estimate of drug-likeness (QED) is 0.806. The second kappa shape index (κ2) is 7.90. The molecule has 112 valence electrons. The van der Waals surface area contributed by atoms with Crippen LogP contribution >= 0.6 is 0 Å². The number of anilines is 1. The lowest BCUT2D eigenvalue weighted by molar-refractivity contribution is -0.117. The van der Waals surface area contributed by atoms with Gasteiger partial charge in [0.1, 0.15) is 5.75 Å². The van der Waals surface area contributed by atoms with E-state index in [1.165, 1.54) is 0 Å². The molecule has 0 saturated heterocycles. The summed E-state index contributed by atoms with van der Waals surface area (Å²) in [6, 6.07) is 5.72. The van der Waals surface area contributed by atoms with Crippen molar-refractivity contribution >= 4 is 11.6 Å². The van der Waals surface area contributed by atoms with Gasteiger partial charge < -0.3 is 15.8 Å². The molecule has 0 heterocycles. The van der Waals surface area contributed by atoms with E-state index in [4.69, 9.17) is 10.5 Å². The van der Waals surface area contributed by atoms with E-state index in [0.29, 0.717) is 30.3 Å². The third kappa shape index (κ3) is 5.21. The van der Waals surface area contributed by atoms with Gasteiger partial charge in [0.05, 0.1) is 12.8 Å². The Morgan fingerprint density at radius 3 is 2.65 bits per heavy atom. The fourth-order valence-corrected chi connectivity index (χ4v) is 2.29. The van der Waals surface area contributed by atoms with Crippen molar-refractivity contribution in [2.45, 2.75) is 33.6 Å². The minimum atomic E-state index is -0.0109. The summed E-state index contributed by atoms with van der Waals surface area (Å²) < 4.78 is 5.28. The van der Waals surface area contributed by atoms with Crippen molar-refractivity contribution in [2.75, 3.05) is 19.0 Å². The lowest BCUT2D eigenvalue weighted by Gasteiger charge is -2.17. The van der Waals surface area contributed by atoms with Crippen molar-refractivity contribution in [3.63, 3.8) is 0 Å². The average Bonchev–Trinajstić information content (AvgIpc) is 2.39. The maximum atomic E-state index is 12.1. The van der Waals surface area contributed by atoms with Crippen LogP contribution in [0.25, 0.3) is 0 Å². The molecular formula is C16H26N2O2. The number of benzene rings is 1. The molecule has 4 heteroatoms. The van der Waals surface area contributed by atoms with Gasteiger partial charge in [-0.05, 0) is 49.4 Å². The highest BCUT2D eigenvalue weighted by Gasteiger charge is 2.15. The molecular weight excluding hydrogens is 252 g/mol. The summed E-state index contributed by atoms with van der Waals surface area (Å²) in [5, 5.41) is 2.91. The number of hydrogen-bond donors (Lipinski definition) is 2. The molecule has 0 fully saturated rings. The fraction of sp³-hybridized carbons (Fsp3) is 0.562. The zero-order chi connectivity index (χ0) is 15.1. The minimum absolute atomic E-state index is 0.0109. The van der Waals surface area contributed by atoms with Crippen molar-refractivity contribution in [1.29, 1.82) is 0 Å². The first-order valence-corrected chi connectivity index (χ1v) is 7.10. The van der Waals surface area contributed by atoms with E-state index in [2.05, 4.69) is 19.2 Å². The lowest BCUT2D eigenvalue weighted by atomic mass is 9.94. The maximum absolute atomic E-state index is 12.1. The van der Waals surface area contributed by atoms with E-state index in [1.54, 1.807) is 7.11 Å². The van der Waals surface area contributed by atoms with Gasteiger partial charge in [-0.2, -0.15) is 0 Å². The van der Waals surface area contributed by atoms with E-state index in [9.17, 15) is 4.79 Å². The van der Waals surface area contributed by atoms with Gasteiger partial charge in [0, 0.05) is 6.42 Å². The number of carbonyl (C=O) groups excluding carboxylic acids is 1. The molecule has 0 radical (unpaired) electrons. The van der Waals surface area contributed by atoms with Crippen LogP contribution in [0.1, 0.15) is 32.3 Å². The first kappa shape index (κ1) is 16.5. The Hall–Kier alpha value is -1.55. The molecule has 0 aromatic heterocycles. The second-order valence-electron chi connectivity index (χ2n) is 5.69. The van der Waals surface area contributed by atoms with Gasteiger partial charge in [-0.15, -0.1) is 0 Å². The predicted octanol–water partition coefficient (Wildman–Crippen LogP) is 2.95. The molecule has 1 aromatic carbocycles. The number of ether oxygens (including phenoxy) is 1. The number of carbonyl (C=O) groups is 1. The molecule has 1 aromatic rings. The largest absolute Gasteiger partial charge is 0.495 e. The summed E-state index contributed by atoms with van der Waals surface area (Å²) in [7, 11) is 1.60. The first-order valence-electron chi connectivity index (χ1n) is 7.10. The van der Waals surface area contributed by atoms with Crippen molar-refractivity contribution in [2.24, 2.45) is 17.6 Å². The van der Waals surface area contributed by atoms with E-state index >= 15 is 0 Å². The molecule has 3 N–H and O–H groups in total. The predicted molar refractivity (Wildman–Crippen MR) is 83.0 cm³/mol. The van der Waals surface area contributed by atoms with Crippen LogP contribution in [0.15, 0.2) is 18.2 Å². The van der Waals surface area contributed by atoms with Crippen molar-refractivity contribution in [3.05, 3.63) is 23.8 Å². The summed E-state index contributed by atoms with van der Waals surface area (Å²) in [6.45, 7) is 6.81. The zero-order valence-corrected chi connectivity index (χ0v) is 12.9. The van der Waals surface area contributed by atoms with Crippen molar-refractivity contribution in [1.82, 2.24) is 0 Å². The summed E-state index contributed by atoms with van der Waals surface area (Å²) >= 11 is 0. The highest BCUT2D eigenvalue weighted by Crippen LogP contribution is 2.26. The monoisotopic (exact) mass is 278 g/mol. The Kier molecular flexibility index (Phi) is 6.52. The molecule has 0 bridgehead atoms. The van der Waals surface area contributed by atoms with Crippen LogP contribution in [0.3, 0.4) is 0 Å². The van der Waals surface area contributed by atoms with E-state index < -0.39 is 0 Å². The van der Waals surface area contributed by atoms with Gasteiger partial charge in [0.25, 0.3) is 0 Å². The third-order valence-electron chi connectivity index (χ3n) is 3.24. The third-order valence-corrected chi connectivity index (χ3v) is 3.24. The maximum Gasteiger partial charge on any atom is 0.224 e. The summed E-state index contributed by atoms with van der Waals surface area (Å²) in [6.07, 6.45) is 1.42. The highest BCUT2D eigenvalue weighted by atomic mass is 16.5. The van der Waals surface area contributed by atoms with Gasteiger partial charge in [0.2, 0.25) is 5.91 Å². The number of nitrogens with one attached hydrogen (secondary N) is 1. The Labute approximate surface area is 121 Å². The molecule has 0 saturated carbocycles. The van der Waals surface area contributed by atoms with Gasteiger partial charge in [-0.25, -0.2) is 0 Å². The Morgan fingerprint density at radius 1 is 1.40 bits per heavy atom. The molecule has 0 aliphatic carbocycles. The molecule has 1 rings (SSSR count). The number of aryl methyl sites for hydroxylation is 1. The van der Waals surface area contributed by atoms with E-state index in [1.807, 2.05) is 25.1 Å². The zero-order valence-electron chi connectivity index (χ0n) is 12.9. The van der Waals surface area contributed by atoms with Crippen LogP contribution in [0, 0.1) is 18.8 Å². The number of nitrogens with two attached hydrogens (primary N) is 1. The van der Waals surface area contributed by atoms with Gasteiger partial charge in [0.15, 0.2) is 0 Å². The molecule has 1 amide bonds. The summed E-state index contributed by atoms with van der Waals surface area (Å²) in [4.78, 5) is 12.1. The molecule has 0 aliphatic heterocycles. The Morgan fingerprint density at radius 2 is 2.10 bits per heavy atom. The number of hydrogen-bond acceptors (Lipinski definition) is 3. The van der Waals surface area contributed by atoms with Crippen LogP contribution in [-0.4, -0.2) is 19.6 Å². The molecule has 1 atom stereocenters. The SMILES string of the molecule is COc1cc(C)ccc1NC(=O)C[C@@H](CN)CC(C)C. The summed E-state index contributed by atoms with van der Waals surface area (Å²) in [5.41, 5.74) is 7.54. The topological polar surface area (TPSA) is 64.3 Å². The first-order chi connectivity index (χ1) is 9.46. The standard InChI is InChI=1S/C16H26N2O2/c1-11(2)7-13(10-17)9-16(19)18-14-6-5-12(3)8-15(14)20-4/h5-6,8,11,13H,7,9-10,17H2,1-4H3,(H,18,19)/t13-/m0/s1. The van der Waals surface area contributed by atoms with Crippen LogP contribution in [0.5, 0.6) is 5.75 Å². The minimum Gasteiger partial charge on any atom is -0.495 e. The molecule has 20 heavy (non-hydrogen) atoms. The van der Waals surface area contributed by atoms with Gasteiger partial charge >= 0.3 is 0 Å². The number of methoxy groups -OCH3 is 1. The van der Waals surface area contributed by atoms with E-state index in [-0.39, 0.29) is 11.8 Å². The van der Waals surface area contributed by atoms with Crippen molar-refractivity contribution in [3.8, 4) is 5.75 Å². The number of rotatable bonds is 7. The van der Waals surface area contributed by atoms with Crippen LogP contribution < -0.4 is 15.8 Å².